The van der Waals surface area contributed by atoms with Crippen LogP contribution in [-0.2, 0) is 16.6 Å². The molecule has 0 amide bonds. The van der Waals surface area contributed by atoms with Gasteiger partial charge in [-0.25, -0.2) is 13.1 Å². The van der Waals surface area contributed by atoms with E-state index in [-0.39, 0.29) is 16.0 Å². The van der Waals surface area contributed by atoms with Crippen molar-refractivity contribution in [2.45, 2.75) is 24.7 Å². The van der Waals surface area contributed by atoms with E-state index < -0.39 is 10.0 Å². The Hall–Kier alpha value is -1.52. The number of hydrogen-bond donors (Lipinski definition) is 2. The molecule has 2 aromatic heterocycles. The molecule has 0 saturated carbocycles. The maximum Gasteiger partial charge on any atom is 0.270 e. The van der Waals surface area contributed by atoms with E-state index in [4.69, 9.17) is 10.3 Å². The van der Waals surface area contributed by atoms with Crippen molar-refractivity contribution >= 4 is 26.5 Å². The van der Waals surface area contributed by atoms with Crippen LogP contribution in [-0.4, -0.2) is 23.8 Å². The fourth-order valence-electron chi connectivity index (χ4n) is 1.31. The van der Waals surface area contributed by atoms with E-state index in [1.807, 2.05) is 0 Å². The van der Waals surface area contributed by atoms with Gasteiger partial charge in [-0.15, -0.1) is 10.2 Å². The summed E-state index contributed by atoms with van der Waals surface area (Å²) in [7, 11) is -3.70. The van der Waals surface area contributed by atoms with E-state index in [1.54, 1.807) is 13.8 Å². The van der Waals surface area contributed by atoms with Gasteiger partial charge in [0, 0.05) is 12.1 Å². The van der Waals surface area contributed by atoms with Crippen molar-refractivity contribution in [1.29, 1.82) is 0 Å². The zero-order chi connectivity index (χ0) is 13.3. The van der Waals surface area contributed by atoms with Crippen LogP contribution >= 0.6 is 11.3 Å². The Morgan fingerprint density at radius 2 is 2.11 bits per heavy atom. The Bertz CT molecular complexity index is 641. The first-order chi connectivity index (χ1) is 8.40. The molecular weight excluding hydrogens is 278 g/mol. The van der Waals surface area contributed by atoms with Gasteiger partial charge in [0.2, 0.25) is 9.47 Å². The smallest absolute Gasteiger partial charge is 0.270 e. The molecule has 2 aromatic rings. The van der Waals surface area contributed by atoms with Gasteiger partial charge in [0.15, 0.2) is 0 Å². The number of sulfonamides is 1. The zero-order valence-corrected chi connectivity index (χ0v) is 11.3. The Balaban J connectivity index is 2.15. The van der Waals surface area contributed by atoms with E-state index in [0.717, 1.165) is 11.3 Å². The first-order valence-electron chi connectivity index (χ1n) is 4.90. The van der Waals surface area contributed by atoms with E-state index in [2.05, 4.69) is 20.1 Å². The summed E-state index contributed by atoms with van der Waals surface area (Å²) in [5.41, 5.74) is 6.69. The lowest BCUT2D eigenvalue weighted by molar-refractivity contribution is 0.392. The van der Waals surface area contributed by atoms with E-state index >= 15 is 0 Å². The third-order valence-corrected chi connectivity index (χ3v) is 4.79. The summed E-state index contributed by atoms with van der Waals surface area (Å²) in [6.45, 7) is 3.54. The molecule has 2 rings (SSSR count). The van der Waals surface area contributed by atoms with Crippen LogP contribution in [0.4, 0.5) is 5.13 Å². The molecule has 0 aromatic carbocycles. The molecule has 0 spiro atoms. The third kappa shape index (κ3) is 2.49. The van der Waals surface area contributed by atoms with Gasteiger partial charge in [-0.2, -0.15) is 0 Å². The average molecular weight is 289 g/mol. The molecule has 8 nitrogen and oxygen atoms in total. The molecule has 0 radical (unpaired) electrons. The highest BCUT2D eigenvalue weighted by Gasteiger charge is 2.20. The topological polar surface area (TPSA) is 124 Å². The molecule has 10 heteroatoms. The summed E-state index contributed by atoms with van der Waals surface area (Å²) in [4.78, 5) is 0. The second kappa shape index (κ2) is 4.63. The van der Waals surface area contributed by atoms with Crippen molar-refractivity contribution in [3.05, 3.63) is 17.0 Å². The lowest BCUT2D eigenvalue weighted by Gasteiger charge is -2.02. The number of nitrogen functional groups attached to an aromatic ring is 1. The fraction of sp³-hybridized carbons (Fsp3) is 0.375. The van der Waals surface area contributed by atoms with Crippen LogP contribution in [0.3, 0.4) is 0 Å². The lowest BCUT2D eigenvalue weighted by atomic mass is 10.2. The van der Waals surface area contributed by atoms with Gasteiger partial charge < -0.3 is 10.3 Å². The summed E-state index contributed by atoms with van der Waals surface area (Å²) in [5, 5.41) is 10.8. The van der Waals surface area contributed by atoms with Crippen molar-refractivity contribution in [2.24, 2.45) is 0 Å². The molecule has 3 N–H and O–H groups in total. The van der Waals surface area contributed by atoms with Crippen molar-refractivity contribution in [3.8, 4) is 0 Å². The van der Waals surface area contributed by atoms with Gasteiger partial charge in [0.25, 0.3) is 10.0 Å². The summed E-state index contributed by atoms with van der Waals surface area (Å²) >= 11 is 0.806. The van der Waals surface area contributed by atoms with Crippen LogP contribution in [0.1, 0.15) is 17.0 Å². The van der Waals surface area contributed by atoms with Crippen LogP contribution in [0, 0.1) is 13.8 Å². The van der Waals surface area contributed by atoms with E-state index in [9.17, 15) is 8.42 Å². The largest absolute Gasteiger partial charge is 0.374 e. The number of rotatable bonds is 4. The number of anilines is 1. The molecule has 98 valence electrons. The SMILES string of the molecule is Cc1noc(C)c1CNS(=O)(=O)c1nnc(N)s1. The number of aryl methyl sites for hydroxylation is 2. The van der Waals surface area contributed by atoms with Crippen molar-refractivity contribution < 1.29 is 12.9 Å². The van der Waals surface area contributed by atoms with Crippen molar-refractivity contribution in [2.75, 3.05) is 5.73 Å². The highest BCUT2D eigenvalue weighted by Crippen LogP contribution is 2.18. The van der Waals surface area contributed by atoms with Gasteiger partial charge >= 0.3 is 0 Å². The second-order valence-corrected chi connectivity index (χ2v) is 6.48. The minimum atomic E-state index is -3.70. The van der Waals surface area contributed by atoms with Crippen LogP contribution in [0.5, 0.6) is 0 Å². The predicted molar refractivity (Wildman–Crippen MR) is 64.3 cm³/mol. The molecule has 0 aliphatic rings. The zero-order valence-electron chi connectivity index (χ0n) is 9.67. The second-order valence-electron chi connectivity index (χ2n) is 3.53. The first-order valence-corrected chi connectivity index (χ1v) is 7.20. The van der Waals surface area contributed by atoms with E-state index in [1.165, 1.54) is 0 Å². The fourth-order valence-corrected chi connectivity index (χ4v) is 3.13. The average Bonchev–Trinajstić information content (AvgIpc) is 2.85. The van der Waals surface area contributed by atoms with Gasteiger partial charge in [0.1, 0.15) is 5.76 Å². The Morgan fingerprint density at radius 1 is 1.39 bits per heavy atom. The molecule has 0 saturated heterocycles. The quantitative estimate of drug-likeness (QED) is 0.824. The minimum Gasteiger partial charge on any atom is -0.374 e. The number of nitrogens with zero attached hydrogens (tertiary/aromatic N) is 3. The minimum absolute atomic E-state index is 0.0863. The van der Waals surface area contributed by atoms with Crippen LogP contribution in [0.25, 0.3) is 0 Å². The standard InChI is InChI=1S/C8H11N5O3S2/c1-4-6(5(2)16-13-4)3-10-18(14,15)8-12-11-7(9)17-8/h10H,3H2,1-2H3,(H2,9,11). The number of hydrogen-bond acceptors (Lipinski definition) is 8. The van der Waals surface area contributed by atoms with Gasteiger partial charge in [-0.1, -0.05) is 16.5 Å². The first kappa shape index (κ1) is 12.9. The molecule has 0 aliphatic carbocycles. The molecule has 18 heavy (non-hydrogen) atoms. The highest BCUT2D eigenvalue weighted by atomic mass is 32.2. The Morgan fingerprint density at radius 3 is 2.61 bits per heavy atom. The van der Waals surface area contributed by atoms with Crippen molar-refractivity contribution in [3.63, 3.8) is 0 Å². The summed E-state index contributed by atoms with van der Waals surface area (Å²) in [6.07, 6.45) is 0. The third-order valence-electron chi connectivity index (χ3n) is 2.27. The lowest BCUT2D eigenvalue weighted by Crippen LogP contribution is -2.23. The van der Waals surface area contributed by atoms with Gasteiger partial charge in [-0.3, -0.25) is 0 Å². The molecule has 2 heterocycles. The summed E-state index contributed by atoms with van der Waals surface area (Å²) in [5.74, 6) is 0.576. The van der Waals surface area contributed by atoms with E-state index in [0.29, 0.717) is 17.0 Å². The Labute approximate surface area is 107 Å². The maximum absolute atomic E-state index is 11.9. The molecule has 0 aliphatic heterocycles. The summed E-state index contributed by atoms with van der Waals surface area (Å²) in [6, 6.07) is 0. The van der Waals surface area contributed by atoms with Crippen molar-refractivity contribution in [1.82, 2.24) is 20.1 Å². The molecule has 0 atom stereocenters. The normalized spacial score (nSPS) is 11.9. The van der Waals surface area contributed by atoms with Crippen LogP contribution in [0.2, 0.25) is 0 Å². The molecule has 0 unspecified atom stereocenters. The monoisotopic (exact) mass is 289 g/mol. The van der Waals surface area contributed by atoms with Crippen LogP contribution < -0.4 is 10.5 Å². The molecular formula is C8H11N5O3S2. The predicted octanol–water partition coefficient (Wildman–Crippen LogP) is 0.204. The van der Waals surface area contributed by atoms with Gasteiger partial charge in [-0.05, 0) is 13.8 Å². The number of aromatic nitrogens is 3. The molecule has 0 fully saturated rings. The summed E-state index contributed by atoms with van der Waals surface area (Å²) < 4.78 is 30.9. The number of nitrogens with two attached hydrogens (primary N) is 1. The highest BCUT2D eigenvalue weighted by molar-refractivity contribution is 7.91. The van der Waals surface area contributed by atoms with Gasteiger partial charge in [0.05, 0.1) is 5.69 Å². The maximum atomic E-state index is 11.9. The van der Waals surface area contributed by atoms with Crippen LogP contribution in [0.15, 0.2) is 8.86 Å². The Kier molecular flexibility index (Phi) is 3.32. The molecule has 0 bridgehead atoms. The number of nitrogens with one attached hydrogen (secondary N) is 1.